The number of carboxylic acid groups (broad SMARTS) is 1. The largest absolute Gasteiger partial charge is 0.550 e. The first-order valence-corrected chi connectivity index (χ1v) is 5.74. The molecule has 2 atom stereocenters. The first-order valence-electron chi connectivity index (χ1n) is 5.74. The van der Waals surface area contributed by atoms with Gasteiger partial charge in [0.2, 0.25) is 0 Å². The van der Waals surface area contributed by atoms with Gasteiger partial charge < -0.3 is 19.5 Å². The van der Waals surface area contributed by atoms with Crippen molar-refractivity contribution in [2.75, 3.05) is 21.1 Å². The molecule has 6 nitrogen and oxygen atoms in total. The highest BCUT2D eigenvalue weighted by Gasteiger charge is 2.52. The highest BCUT2D eigenvalue weighted by atomic mass is 16.4. The molecule has 0 bridgehead atoms. The van der Waals surface area contributed by atoms with Crippen molar-refractivity contribution >= 4 is 17.5 Å². The highest BCUT2D eigenvalue weighted by Crippen LogP contribution is 2.26. The topological polar surface area (TPSA) is 94.5 Å². The molecule has 0 aromatic rings. The number of ketones is 2. The summed E-state index contributed by atoms with van der Waals surface area (Å²) in [4.78, 5) is 34.3. The fraction of sp³-hybridized carbons (Fsp3) is 0.750. The SMILES string of the molecule is CCC(=O)C(O)(CC(=O)[O-])C(C(C)=O)[N+](C)(C)C. The van der Waals surface area contributed by atoms with Crippen molar-refractivity contribution in [1.82, 2.24) is 0 Å². The molecule has 0 heterocycles. The summed E-state index contributed by atoms with van der Waals surface area (Å²) in [5.41, 5.74) is -2.22. The molecule has 0 radical (unpaired) electrons. The molecule has 0 saturated heterocycles. The molecule has 0 aromatic heterocycles. The second-order valence-electron chi connectivity index (χ2n) is 5.38. The molecule has 1 N–H and O–H groups in total. The standard InChI is InChI=1S/C12H21NO5/c1-6-9(15)12(18,7-10(16)17)11(8(2)14)13(3,4)5/h11,18H,6-7H2,1-5H3. The lowest BCUT2D eigenvalue weighted by atomic mass is 9.81. The van der Waals surface area contributed by atoms with Crippen LogP contribution in [-0.4, -0.2) is 59.9 Å². The van der Waals surface area contributed by atoms with Crippen LogP contribution in [0.2, 0.25) is 0 Å². The Labute approximate surface area is 107 Å². The number of Topliss-reactive ketones (excluding diaryl/α,β-unsaturated/α-hetero) is 2. The molecule has 0 amide bonds. The third-order valence-electron chi connectivity index (χ3n) is 2.83. The summed E-state index contributed by atoms with van der Waals surface area (Å²) in [5, 5.41) is 21.2. The van der Waals surface area contributed by atoms with Crippen LogP contribution in [0.15, 0.2) is 0 Å². The van der Waals surface area contributed by atoms with Crippen molar-refractivity contribution in [1.29, 1.82) is 0 Å². The Morgan fingerprint density at radius 1 is 1.28 bits per heavy atom. The van der Waals surface area contributed by atoms with E-state index >= 15 is 0 Å². The van der Waals surface area contributed by atoms with E-state index in [0.29, 0.717) is 0 Å². The fourth-order valence-electron chi connectivity index (χ4n) is 2.40. The van der Waals surface area contributed by atoms with E-state index in [-0.39, 0.29) is 10.9 Å². The van der Waals surface area contributed by atoms with Crippen molar-refractivity contribution in [2.45, 2.75) is 38.3 Å². The molecule has 0 rings (SSSR count). The molecule has 0 aromatic carbocycles. The van der Waals surface area contributed by atoms with Crippen molar-refractivity contribution in [3.63, 3.8) is 0 Å². The summed E-state index contributed by atoms with van der Waals surface area (Å²) in [6.45, 7) is 2.74. The zero-order valence-corrected chi connectivity index (χ0v) is 11.5. The van der Waals surface area contributed by atoms with E-state index in [0.717, 1.165) is 0 Å². The number of hydrogen-bond donors (Lipinski definition) is 1. The molecule has 6 heteroatoms. The van der Waals surface area contributed by atoms with Gasteiger partial charge in [-0.05, 0) is 0 Å². The lowest BCUT2D eigenvalue weighted by Crippen LogP contribution is -2.66. The number of likely N-dealkylation sites (N-methyl/N-ethyl adjacent to an activating group) is 1. The van der Waals surface area contributed by atoms with Gasteiger partial charge in [-0.25, -0.2) is 0 Å². The number of rotatable bonds is 7. The maximum Gasteiger partial charge on any atom is 0.190 e. The number of hydrogen-bond acceptors (Lipinski definition) is 5. The third-order valence-corrected chi connectivity index (χ3v) is 2.83. The van der Waals surface area contributed by atoms with Gasteiger partial charge in [0.05, 0.1) is 21.1 Å². The lowest BCUT2D eigenvalue weighted by molar-refractivity contribution is -0.892. The fourth-order valence-corrected chi connectivity index (χ4v) is 2.40. The Morgan fingerprint density at radius 3 is 1.94 bits per heavy atom. The molecular weight excluding hydrogens is 238 g/mol. The molecule has 0 fully saturated rings. The number of quaternary nitrogens is 1. The van der Waals surface area contributed by atoms with Crippen LogP contribution in [0.25, 0.3) is 0 Å². The summed E-state index contributed by atoms with van der Waals surface area (Å²) in [6, 6.07) is -1.14. The van der Waals surface area contributed by atoms with Gasteiger partial charge in [-0.2, -0.15) is 0 Å². The Bertz CT molecular complexity index is 358. The summed E-state index contributed by atoms with van der Waals surface area (Å²) in [7, 11) is 4.86. The number of aliphatic hydroxyl groups is 1. The van der Waals surface area contributed by atoms with Gasteiger partial charge in [-0.1, -0.05) is 6.92 Å². The van der Waals surface area contributed by atoms with Crippen molar-refractivity contribution < 1.29 is 29.1 Å². The Balaban J connectivity index is 5.73. The molecule has 104 valence electrons. The van der Waals surface area contributed by atoms with Gasteiger partial charge in [0.25, 0.3) is 0 Å². The van der Waals surface area contributed by atoms with Gasteiger partial charge in [-0.3, -0.25) is 9.59 Å². The van der Waals surface area contributed by atoms with Crippen LogP contribution < -0.4 is 5.11 Å². The minimum absolute atomic E-state index is 0.0369. The van der Waals surface area contributed by atoms with E-state index in [1.807, 2.05) is 0 Å². The predicted octanol–water partition coefficient (Wildman–Crippen LogP) is -1.50. The average molecular weight is 259 g/mol. The summed E-state index contributed by atoms with van der Waals surface area (Å²) in [5.74, 6) is -2.66. The van der Waals surface area contributed by atoms with Crippen LogP contribution in [-0.2, 0) is 14.4 Å². The monoisotopic (exact) mass is 259 g/mol. The smallest absolute Gasteiger partial charge is 0.190 e. The molecule has 0 saturated carbocycles. The van der Waals surface area contributed by atoms with Crippen LogP contribution in [0.1, 0.15) is 26.7 Å². The van der Waals surface area contributed by atoms with E-state index in [4.69, 9.17) is 0 Å². The first-order chi connectivity index (χ1) is 7.96. The lowest BCUT2D eigenvalue weighted by Gasteiger charge is -2.42. The molecule has 0 aliphatic carbocycles. The first kappa shape index (κ1) is 16.7. The summed E-state index contributed by atoms with van der Waals surface area (Å²) >= 11 is 0. The molecule has 2 unspecified atom stereocenters. The summed E-state index contributed by atoms with van der Waals surface area (Å²) in [6.07, 6.45) is -0.924. The maximum atomic E-state index is 11.9. The number of nitrogens with zero attached hydrogens (tertiary/aromatic N) is 1. The van der Waals surface area contributed by atoms with Crippen LogP contribution in [0.5, 0.6) is 0 Å². The van der Waals surface area contributed by atoms with Crippen molar-refractivity contribution in [3.05, 3.63) is 0 Å². The molecule has 18 heavy (non-hydrogen) atoms. The second kappa shape index (κ2) is 5.58. The predicted molar refractivity (Wildman–Crippen MR) is 62.4 cm³/mol. The number of aliphatic carboxylic acids is 1. The minimum Gasteiger partial charge on any atom is -0.550 e. The van der Waals surface area contributed by atoms with E-state index in [1.54, 1.807) is 21.1 Å². The van der Waals surface area contributed by atoms with Crippen LogP contribution in [0, 0.1) is 0 Å². The number of carbonyl (C=O) groups excluding carboxylic acids is 3. The molecule has 0 aliphatic rings. The van der Waals surface area contributed by atoms with E-state index in [9.17, 15) is 24.6 Å². The van der Waals surface area contributed by atoms with E-state index in [2.05, 4.69) is 0 Å². The van der Waals surface area contributed by atoms with Crippen LogP contribution in [0.3, 0.4) is 0 Å². The van der Waals surface area contributed by atoms with Gasteiger partial charge in [0.1, 0.15) is 0 Å². The Hall–Kier alpha value is -1.27. The summed E-state index contributed by atoms with van der Waals surface area (Å²) < 4.78 is -0.0369. The Kier molecular flexibility index (Phi) is 5.19. The normalized spacial score (nSPS) is 16.8. The van der Waals surface area contributed by atoms with E-state index in [1.165, 1.54) is 13.8 Å². The van der Waals surface area contributed by atoms with Crippen molar-refractivity contribution in [2.24, 2.45) is 0 Å². The molecule has 0 spiro atoms. The number of carbonyl (C=O) groups is 3. The zero-order valence-electron chi connectivity index (χ0n) is 11.5. The van der Waals surface area contributed by atoms with Gasteiger partial charge in [0.15, 0.2) is 23.2 Å². The van der Waals surface area contributed by atoms with E-state index < -0.39 is 35.6 Å². The van der Waals surface area contributed by atoms with Crippen LogP contribution in [0.4, 0.5) is 0 Å². The maximum absolute atomic E-state index is 11.9. The van der Waals surface area contributed by atoms with Gasteiger partial charge in [-0.15, -0.1) is 0 Å². The number of carboxylic acids is 1. The average Bonchev–Trinajstić information content (AvgIpc) is 2.11. The highest BCUT2D eigenvalue weighted by molar-refractivity contribution is 5.97. The van der Waals surface area contributed by atoms with Gasteiger partial charge in [0, 0.05) is 25.7 Å². The Morgan fingerprint density at radius 2 is 1.72 bits per heavy atom. The molecule has 0 aliphatic heterocycles. The minimum atomic E-state index is -2.22. The zero-order chi connectivity index (χ0) is 14.7. The van der Waals surface area contributed by atoms with Gasteiger partial charge >= 0.3 is 0 Å². The quantitative estimate of drug-likeness (QED) is 0.561. The molecular formula is C12H21NO5. The second-order valence-corrected chi connectivity index (χ2v) is 5.38. The van der Waals surface area contributed by atoms with Crippen molar-refractivity contribution in [3.8, 4) is 0 Å². The third kappa shape index (κ3) is 3.61. The van der Waals surface area contributed by atoms with Crippen LogP contribution >= 0.6 is 0 Å².